The zero-order valence-electron chi connectivity index (χ0n) is 52.2. The monoisotopic (exact) mass is 1360 g/mol. The number of para-hydroxylation sites is 3. The van der Waals surface area contributed by atoms with Crippen LogP contribution in [0.25, 0.3) is 0 Å². The van der Waals surface area contributed by atoms with E-state index in [1.807, 2.05) is 123 Å². The maximum Gasteiger partial charge on any atom is 0.373 e. The van der Waals surface area contributed by atoms with Crippen molar-refractivity contribution in [1.29, 1.82) is 0 Å². The van der Waals surface area contributed by atoms with Gasteiger partial charge in [0.25, 0.3) is 30.1 Å². The summed E-state index contributed by atoms with van der Waals surface area (Å²) in [7, 11) is -5.95. The highest BCUT2D eigenvalue weighted by Crippen LogP contribution is 2.43. The van der Waals surface area contributed by atoms with Crippen molar-refractivity contribution in [2.75, 3.05) is 60.3 Å². The van der Waals surface area contributed by atoms with Crippen LogP contribution in [-0.4, -0.2) is 90.9 Å². The van der Waals surface area contributed by atoms with E-state index in [0.29, 0.717) is 39.9 Å². The smallest absolute Gasteiger partial charge is 0.373 e. The van der Waals surface area contributed by atoms with Gasteiger partial charge in [-0.25, -0.2) is 25.3 Å². The number of hydrogen-bond acceptors (Lipinski definition) is 15. The van der Waals surface area contributed by atoms with Gasteiger partial charge >= 0.3 is 18.3 Å². The zero-order valence-corrected chi connectivity index (χ0v) is 56.3. The van der Waals surface area contributed by atoms with Gasteiger partial charge in [-0.2, -0.15) is 19.2 Å². The molecule has 3 N–H and O–H groups in total. The predicted molar refractivity (Wildman–Crippen MR) is 357 cm³/mol. The van der Waals surface area contributed by atoms with Crippen LogP contribution in [0.3, 0.4) is 0 Å². The number of halogens is 1. The fourth-order valence-electron chi connectivity index (χ4n) is 11.0. The van der Waals surface area contributed by atoms with Crippen molar-refractivity contribution in [3.8, 4) is 0 Å². The summed E-state index contributed by atoms with van der Waals surface area (Å²) >= 11 is 3.43. The van der Waals surface area contributed by atoms with Crippen LogP contribution in [0.2, 0.25) is 0 Å². The molecule has 6 aromatic carbocycles. The highest BCUT2D eigenvalue weighted by Gasteiger charge is 2.38. The van der Waals surface area contributed by atoms with Crippen molar-refractivity contribution in [2.45, 2.75) is 158 Å². The van der Waals surface area contributed by atoms with Crippen molar-refractivity contribution in [3.63, 3.8) is 0 Å². The summed E-state index contributed by atoms with van der Waals surface area (Å²) in [5.41, 5.74) is 9.33. The van der Waals surface area contributed by atoms with Crippen molar-refractivity contribution >= 4 is 81.3 Å². The van der Waals surface area contributed by atoms with E-state index in [9.17, 15) is 30.0 Å². The van der Waals surface area contributed by atoms with E-state index in [1.54, 1.807) is 46.3 Å². The third kappa shape index (κ3) is 19.4. The Morgan fingerprint density at radius 1 is 0.456 bits per heavy atom. The van der Waals surface area contributed by atoms with E-state index in [-0.39, 0.29) is 43.8 Å². The Bertz CT molecular complexity index is 3570. The fourth-order valence-corrected chi connectivity index (χ4v) is 16.1. The quantitative estimate of drug-likeness (QED) is 0.0448. The molecule has 0 aromatic heterocycles. The van der Waals surface area contributed by atoms with Gasteiger partial charge in [0.2, 0.25) is 0 Å². The maximum absolute atomic E-state index is 13.2. The molecule has 3 unspecified atom stereocenters. The number of ether oxygens (including phenoxy) is 1. The van der Waals surface area contributed by atoms with Gasteiger partial charge in [-0.15, -0.1) is 0 Å². The summed E-state index contributed by atoms with van der Waals surface area (Å²) in [4.78, 5) is 45.1. The lowest BCUT2D eigenvalue weighted by Crippen LogP contribution is -2.26. The first-order valence-electron chi connectivity index (χ1n) is 30.2. The molecule has 0 spiro atoms. The molecule has 0 saturated carbocycles. The van der Waals surface area contributed by atoms with E-state index in [0.717, 1.165) is 99.1 Å². The first kappa shape index (κ1) is 75.6. The number of anilines is 3. The topological polar surface area (TPSA) is 243 Å². The molecule has 0 radical (unpaired) electrons. The number of aryl methyl sites for hydroxylation is 2. The van der Waals surface area contributed by atoms with Crippen LogP contribution in [0.5, 0.6) is 0 Å². The summed E-state index contributed by atoms with van der Waals surface area (Å²) < 4.78 is 89.3. The molecule has 3 atom stereocenters. The normalized spacial score (nSPS) is 16.5. The molecule has 22 heteroatoms. The summed E-state index contributed by atoms with van der Waals surface area (Å²) in [5, 5.41) is 10.8. The Hall–Kier alpha value is -6.84. The Labute approximate surface area is 542 Å². The number of nitrogens with zero attached hydrogens (tertiary/aromatic N) is 3. The van der Waals surface area contributed by atoms with Crippen LogP contribution in [0.15, 0.2) is 147 Å². The van der Waals surface area contributed by atoms with Crippen molar-refractivity contribution in [3.05, 3.63) is 176 Å². The minimum atomic E-state index is -3.65. The predicted octanol–water partition coefficient (Wildman–Crippen LogP) is 13.0. The van der Waals surface area contributed by atoms with Crippen molar-refractivity contribution in [2.24, 2.45) is 0 Å². The van der Waals surface area contributed by atoms with Gasteiger partial charge in [-0.1, -0.05) is 173 Å². The van der Waals surface area contributed by atoms with Gasteiger partial charge in [-0.05, 0) is 153 Å². The number of esters is 1. The number of carbonyl (C=O) groups is 1. The minimum Gasteiger partial charge on any atom is -0.466 e. The number of sulfonamides is 3. The van der Waals surface area contributed by atoms with Gasteiger partial charge in [0.1, 0.15) is 0 Å². The van der Waals surface area contributed by atoms with Crippen LogP contribution in [-0.2, 0) is 58.8 Å². The zero-order chi connectivity index (χ0) is 65.3. The number of unbranched alkanes of at least 4 members (excludes halogenated alkanes) is 9. The highest BCUT2D eigenvalue weighted by molar-refractivity contribution is 9.10. The SMILES string of the molecule is C.CCCCCCCNC1c2ccccc2N(C)S(=O)(=O)c2cc(Br)ccc21.CCCCCCCNC1c2ccccc2N(C)S(=O)(=O)c2cc(C)ccc21.CCOC(=O)CCCCNC1c2ccccc2N(C)S(=O)(=O)c2cc(C)ccc21.O=C=O.O=C=O. The summed E-state index contributed by atoms with van der Waals surface area (Å²) in [6.45, 7) is 12.9. The molecular weight excluding hydrogens is 1270 g/mol. The molecule has 488 valence electrons. The summed E-state index contributed by atoms with van der Waals surface area (Å²) in [5.74, 6) is -0.180. The first-order chi connectivity index (χ1) is 42.6. The Balaban J connectivity index is 0.000000274. The average Bonchev–Trinajstić information content (AvgIpc) is 1.65. The van der Waals surface area contributed by atoms with Crippen LogP contribution >= 0.6 is 15.9 Å². The fraction of sp³-hybridized carbons (Fsp3) is 0.426. The lowest BCUT2D eigenvalue weighted by atomic mass is 9.96. The highest BCUT2D eigenvalue weighted by atomic mass is 79.9. The number of fused-ring (bicyclic) bond motifs is 6. The number of rotatable bonds is 21. The molecule has 0 saturated heterocycles. The molecule has 0 bridgehead atoms. The van der Waals surface area contributed by atoms with E-state index < -0.39 is 30.1 Å². The van der Waals surface area contributed by atoms with Gasteiger partial charge in [0, 0.05) is 32.0 Å². The largest absolute Gasteiger partial charge is 0.466 e. The lowest BCUT2D eigenvalue weighted by Gasteiger charge is -2.22. The molecule has 9 rings (SSSR count). The molecule has 90 heavy (non-hydrogen) atoms. The Morgan fingerprint density at radius 3 is 1.11 bits per heavy atom. The molecule has 3 aliphatic rings. The van der Waals surface area contributed by atoms with E-state index >= 15 is 0 Å². The number of nitrogens with one attached hydrogen (secondary N) is 3. The average molecular weight is 1360 g/mol. The minimum absolute atomic E-state index is 0. The molecule has 3 aliphatic heterocycles. The third-order valence-electron chi connectivity index (χ3n) is 15.6. The van der Waals surface area contributed by atoms with E-state index in [4.69, 9.17) is 23.9 Å². The number of carbonyl (C=O) groups excluding carboxylic acids is 5. The van der Waals surface area contributed by atoms with Crippen molar-refractivity contribution < 1.29 is 54.0 Å². The maximum atomic E-state index is 13.2. The first-order valence-corrected chi connectivity index (χ1v) is 35.3. The number of hydrogen-bond donors (Lipinski definition) is 3. The molecule has 6 aromatic rings. The molecular formula is C68H89BrN6O12S3. The Morgan fingerprint density at radius 2 is 0.767 bits per heavy atom. The van der Waals surface area contributed by atoms with E-state index in [2.05, 4.69) is 45.7 Å². The number of benzene rings is 6. The van der Waals surface area contributed by atoms with Gasteiger partial charge in [0.05, 0.1) is 56.5 Å². The van der Waals surface area contributed by atoms with Gasteiger partial charge in [-0.3, -0.25) is 17.7 Å². The van der Waals surface area contributed by atoms with Gasteiger partial charge in [0.15, 0.2) is 0 Å². The van der Waals surface area contributed by atoms with Gasteiger partial charge < -0.3 is 20.7 Å². The molecule has 18 nitrogen and oxygen atoms in total. The third-order valence-corrected chi connectivity index (χ3v) is 21.6. The molecule has 0 fully saturated rings. The second kappa shape index (κ2) is 36.9. The standard InChI is InChI=1S/C22H28N2O4S.C22H30N2O2S.C21H27BrN2O2S.2CO2.CH4/c1-4-28-21(25)11-7-8-14-23-22-17-9-5-6-10-19(17)24(3)29(26,27)20-15-16(2)12-13-18(20)22;1-4-5-6-7-10-15-23-22-18-11-8-9-12-20(18)24(3)27(25,26)21-16-17(2)13-14-19(21)22;1-3-4-5-6-9-14-23-21-17-10-7-8-11-19(17)24(2)27(25,26)20-15-16(22)12-13-18(20)21;2*2-1-3;/h5-6,9-10,12-13,15,22-23H,4,7-8,11,14H2,1-3H3;8-9,11-14,16,22-23H,4-7,10,15H2,1-3H3;7-8,10-13,15,21,23H,3-6,9,14H2,1-2H3;;;1H4. The lowest BCUT2D eigenvalue weighted by molar-refractivity contribution is -0.193. The second-order valence-corrected chi connectivity index (χ2v) is 28.5. The molecule has 0 amide bonds. The van der Waals surface area contributed by atoms with Crippen LogP contribution < -0.4 is 28.9 Å². The van der Waals surface area contributed by atoms with Crippen LogP contribution in [0, 0.1) is 13.8 Å². The van der Waals surface area contributed by atoms with Crippen LogP contribution in [0.4, 0.5) is 17.1 Å². The second-order valence-electron chi connectivity index (χ2n) is 21.8. The summed E-state index contributed by atoms with van der Waals surface area (Å²) in [6.07, 6.45) is 14.5. The summed E-state index contributed by atoms with van der Waals surface area (Å²) in [6, 6.07) is 39.5. The van der Waals surface area contributed by atoms with Crippen LogP contribution in [0.1, 0.15) is 174 Å². The Kier molecular flexibility index (Phi) is 31.0. The van der Waals surface area contributed by atoms with Crippen molar-refractivity contribution in [1.82, 2.24) is 16.0 Å². The van der Waals surface area contributed by atoms with E-state index in [1.165, 1.54) is 64.3 Å². The molecule has 3 heterocycles. The molecule has 0 aliphatic carbocycles.